The molecular formula is C12H15Cl2N. The number of halogens is 2. The molecule has 1 saturated carbocycles. The van der Waals surface area contributed by atoms with E-state index in [-0.39, 0.29) is 0 Å². The average Bonchev–Trinajstić information content (AvgIpc) is 2.90. The summed E-state index contributed by atoms with van der Waals surface area (Å²) in [5.74, 6) is 0. The highest BCUT2D eigenvalue weighted by molar-refractivity contribution is 6.35. The van der Waals surface area contributed by atoms with E-state index in [0.29, 0.717) is 5.41 Å². The van der Waals surface area contributed by atoms with Gasteiger partial charge in [-0.2, -0.15) is 0 Å². The molecule has 0 bridgehead atoms. The van der Waals surface area contributed by atoms with Gasteiger partial charge < -0.3 is 5.32 Å². The van der Waals surface area contributed by atoms with Gasteiger partial charge in [0.15, 0.2) is 0 Å². The SMILES string of the molecule is CC1(CNCc2c(Cl)cccc2Cl)CC1. The van der Waals surface area contributed by atoms with Crippen LogP contribution in [0.4, 0.5) is 0 Å². The molecule has 1 aromatic carbocycles. The van der Waals surface area contributed by atoms with E-state index in [4.69, 9.17) is 23.2 Å². The molecule has 0 atom stereocenters. The van der Waals surface area contributed by atoms with Crippen LogP contribution in [-0.4, -0.2) is 6.54 Å². The quantitative estimate of drug-likeness (QED) is 0.847. The zero-order valence-corrected chi connectivity index (χ0v) is 10.3. The molecule has 1 N–H and O–H groups in total. The van der Waals surface area contributed by atoms with Gasteiger partial charge in [-0.15, -0.1) is 0 Å². The van der Waals surface area contributed by atoms with Gasteiger partial charge in [0, 0.05) is 28.7 Å². The first-order valence-corrected chi connectivity index (χ1v) is 6.00. The minimum Gasteiger partial charge on any atom is -0.312 e. The zero-order chi connectivity index (χ0) is 10.9. The molecule has 82 valence electrons. The summed E-state index contributed by atoms with van der Waals surface area (Å²) in [4.78, 5) is 0. The maximum absolute atomic E-state index is 6.07. The third-order valence-corrected chi connectivity index (χ3v) is 3.73. The van der Waals surface area contributed by atoms with Crippen LogP contribution in [0.5, 0.6) is 0 Å². The Kier molecular flexibility index (Phi) is 3.24. The van der Waals surface area contributed by atoms with Gasteiger partial charge in [0.2, 0.25) is 0 Å². The second kappa shape index (κ2) is 4.32. The van der Waals surface area contributed by atoms with Crippen LogP contribution in [0.25, 0.3) is 0 Å². The number of hydrogen-bond acceptors (Lipinski definition) is 1. The highest BCUT2D eigenvalue weighted by Crippen LogP contribution is 2.44. The van der Waals surface area contributed by atoms with Crippen molar-refractivity contribution in [2.75, 3.05) is 6.54 Å². The summed E-state index contributed by atoms with van der Waals surface area (Å²) >= 11 is 12.1. The van der Waals surface area contributed by atoms with Gasteiger partial charge >= 0.3 is 0 Å². The molecule has 1 aliphatic carbocycles. The van der Waals surface area contributed by atoms with Gasteiger partial charge in [-0.05, 0) is 30.4 Å². The van der Waals surface area contributed by atoms with Gasteiger partial charge in [0.05, 0.1) is 0 Å². The van der Waals surface area contributed by atoms with Crippen molar-refractivity contribution in [3.63, 3.8) is 0 Å². The van der Waals surface area contributed by atoms with Gasteiger partial charge in [-0.1, -0.05) is 36.2 Å². The van der Waals surface area contributed by atoms with E-state index in [9.17, 15) is 0 Å². The van der Waals surface area contributed by atoms with Crippen molar-refractivity contribution in [2.24, 2.45) is 5.41 Å². The van der Waals surface area contributed by atoms with E-state index < -0.39 is 0 Å². The lowest BCUT2D eigenvalue weighted by atomic mass is 10.1. The molecule has 0 aliphatic heterocycles. The molecule has 3 heteroatoms. The molecule has 0 aromatic heterocycles. The van der Waals surface area contributed by atoms with E-state index in [1.165, 1.54) is 12.8 Å². The van der Waals surface area contributed by atoms with Crippen LogP contribution in [0.1, 0.15) is 25.3 Å². The second-order valence-electron chi connectivity index (χ2n) is 4.61. The average molecular weight is 244 g/mol. The topological polar surface area (TPSA) is 12.0 Å². The third-order valence-electron chi connectivity index (χ3n) is 3.02. The normalized spacial score (nSPS) is 17.8. The molecule has 1 fully saturated rings. The Balaban J connectivity index is 1.92. The van der Waals surface area contributed by atoms with Crippen LogP contribution in [0, 0.1) is 5.41 Å². The lowest BCUT2D eigenvalue weighted by Crippen LogP contribution is -2.21. The minimum atomic E-state index is 0.522. The maximum atomic E-state index is 6.07. The predicted molar refractivity (Wildman–Crippen MR) is 65.5 cm³/mol. The molecule has 0 unspecified atom stereocenters. The van der Waals surface area contributed by atoms with Gasteiger partial charge in [0.25, 0.3) is 0 Å². The first kappa shape index (κ1) is 11.3. The standard InChI is InChI=1S/C12H15Cl2N/c1-12(5-6-12)8-15-7-9-10(13)3-2-4-11(9)14/h2-4,15H,5-8H2,1H3. The Bertz CT molecular complexity index is 338. The summed E-state index contributed by atoms with van der Waals surface area (Å²) in [6.45, 7) is 4.11. The Morgan fingerprint density at radius 3 is 2.40 bits per heavy atom. The summed E-state index contributed by atoms with van der Waals surface area (Å²) in [7, 11) is 0. The Morgan fingerprint density at radius 1 is 1.27 bits per heavy atom. The number of benzene rings is 1. The largest absolute Gasteiger partial charge is 0.312 e. The van der Waals surface area contributed by atoms with Crippen LogP contribution in [0.3, 0.4) is 0 Å². The summed E-state index contributed by atoms with van der Waals surface area (Å²) in [5, 5.41) is 4.91. The van der Waals surface area contributed by atoms with E-state index in [0.717, 1.165) is 28.7 Å². The van der Waals surface area contributed by atoms with Gasteiger partial charge in [-0.3, -0.25) is 0 Å². The second-order valence-corrected chi connectivity index (χ2v) is 5.43. The smallest absolute Gasteiger partial charge is 0.0465 e. The first-order valence-electron chi connectivity index (χ1n) is 5.24. The molecule has 0 heterocycles. The summed E-state index contributed by atoms with van der Waals surface area (Å²) in [6.07, 6.45) is 2.66. The molecule has 1 nitrogen and oxygen atoms in total. The molecule has 0 spiro atoms. The predicted octanol–water partition coefficient (Wildman–Crippen LogP) is 3.88. The molecule has 0 amide bonds. The fourth-order valence-corrected chi connectivity index (χ4v) is 2.11. The molecular weight excluding hydrogens is 229 g/mol. The summed E-state index contributed by atoms with van der Waals surface area (Å²) in [6, 6.07) is 5.63. The van der Waals surface area contributed by atoms with Crippen molar-refractivity contribution >= 4 is 23.2 Å². The van der Waals surface area contributed by atoms with E-state index in [1.54, 1.807) is 0 Å². The van der Waals surface area contributed by atoms with Crippen molar-refractivity contribution in [2.45, 2.75) is 26.3 Å². The Labute approximate surface area is 101 Å². The summed E-state index contributed by atoms with van der Waals surface area (Å²) in [5.41, 5.74) is 1.53. The Morgan fingerprint density at radius 2 is 1.87 bits per heavy atom. The first-order chi connectivity index (χ1) is 7.11. The van der Waals surface area contributed by atoms with Crippen LogP contribution >= 0.6 is 23.2 Å². The van der Waals surface area contributed by atoms with E-state index in [2.05, 4.69) is 12.2 Å². The Hall–Kier alpha value is -0.240. The van der Waals surface area contributed by atoms with Crippen molar-refractivity contribution in [1.82, 2.24) is 5.32 Å². The molecule has 15 heavy (non-hydrogen) atoms. The molecule has 1 aliphatic rings. The lowest BCUT2D eigenvalue weighted by molar-refractivity contribution is 0.499. The highest BCUT2D eigenvalue weighted by Gasteiger charge is 2.36. The van der Waals surface area contributed by atoms with Crippen LogP contribution in [0.15, 0.2) is 18.2 Å². The fourth-order valence-electron chi connectivity index (χ4n) is 1.58. The minimum absolute atomic E-state index is 0.522. The van der Waals surface area contributed by atoms with Gasteiger partial charge in [-0.25, -0.2) is 0 Å². The molecule has 0 saturated heterocycles. The monoisotopic (exact) mass is 243 g/mol. The number of nitrogens with one attached hydrogen (secondary N) is 1. The lowest BCUT2D eigenvalue weighted by Gasteiger charge is -2.11. The third kappa shape index (κ3) is 2.87. The molecule has 1 aromatic rings. The van der Waals surface area contributed by atoms with Crippen LogP contribution in [-0.2, 0) is 6.54 Å². The van der Waals surface area contributed by atoms with Gasteiger partial charge in [0.1, 0.15) is 0 Å². The van der Waals surface area contributed by atoms with Crippen molar-refractivity contribution in [3.05, 3.63) is 33.8 Å². The van der Waals surface area contributed by atoms with E-state index >= 15 is 0 Å². The van der Waals surface area contributed by atoms with Crippen LogP contribution < -0.4 is 5.32 Å². The fraction of sp³-hybridized carbons (Fsp3) is 0.500. The zero-order valence-electron chi connectivity index (χ0n) is 8.82. The number of hydrogen-bond donors (Lipinski definition) is 1. The summed E-state index contributed by atoms with van der Waals surface area (Å²) < 4.78 is 0. The van der Waals surface area contributed by atoms with Crippen molar-refractivity contribution in [1.29, 1.82) is 0 Å². The van der Waals surface area contributed by atoms with Crippen molar-refractivity contribution < 1.29 is 0 Å². The van der Waals surface area contributed by atoms with Crippen LogP contribution in [0.2, 0.25) is 10.0 Å². The van der Waals surface area contributed by atoms with Crippen molar-refractivity contribution in [3.8, 4) is 0 Å². The van der Waals surface area contributed by atoms with E-state index in [1.807, 2.05) is 18.2 Å². The maximum Gasteiger partial charge on any atom is 0.0465 e. The number of rotatable bonds is 4. The molecule has 0 radical (unpaired) electrons. The highest BCUT2D eigenvalue weighted by atomic mass is 35.5. The molecule has 2 rings (SSSR count).